The third-order valence-electron chi connectivity index (χ3n) is 3.45. The maximum absolute atomic E-state index is 6.27. The Morgan fingerprint density at radius 2 is 2.06 bits per heavy atom. The average Bonchev–Trinajstić information content (AvgIpc) is 2.69. The van der Waals surface area contributed by atoms with Crippen molar-refractivity contribution >= 4 is 0 Å². The van der Waals surface area contributed by atoms with Gasteiger partial charge >= 0.3 is 0 Å². The summed E-state index contributed by atoms with van der Waals surface area (Å²) >= 11 is 0. The lowest BCUT2D eigenvalue weighted by Gasteiger charge is -2.30. The van der Waals surface area contributed by atoms with Gasteiger partial charge in [-0.3, -0.25) is 0 Å². The van der Waals surface area contributed by atoms with Gasteiger partial charge in [-0.2, -0.15) is 0 Å². The van der Waals surface area contributed by atoms with Crippen LogP contribution >= 0.6 is 0 Å². The molecule has 0 aliphatic carbocycles. The van der Waals surface area contributed by atoms with E-state index in [-0.39, 0.29) is 23.2 Å². The van der Waals surface area contributed by atoms with Crippen LogP contribution in [-0.2, 0) is 4.74 Å². The van der Waals surface area contributed by atoms with Crippen molar-refractivity contribution < 1.29 is 9.15 Å². The minimum atomic E-state index is -0.199. The number of nitrogens with two attached hydrogens (primary N) is 1. The minimum Gasteiger partial charge on any atom is -0.468 e. The van der Waals surface area contributed by atoms with Crippen molar-refractivity contribution in [3.63, 3.8) is 0 Å². The maximum Gasteiger partial charge on any atom is 0.120 e. The van der Waals surface area contributed by atoms with Crippen LogP contribution in [-0.4, -0.2) is 11.2 Å². The normalized spacial score (nSPS) is 29.2. The number of rotatable bonds is 2. The molecule has 2 heterocycles. The minimum absolute atomic E-state index is 0.0909. The van der Waals surface area contributed by atoms with Gasteiger partial charge in [-0.15, -0.1) is 0 Å². The van der Waals surface area contributed by atoms with Gasteiger partial charge in [0, 0.05) is 5.92 Å². The van der Waals surface area contributed by atoms with Crippen molar-refractivity contribution in [3.05, 3.63) is 24.2 Å². The van der Waals surface area contributed by atoms with Crippen LogP contribution in [0.5, 0.6) is 0 Å². The topological polar surface area (TPSA) is 48.4 Å². The zero-order chi connectivity index (χ0) is 12.0. The maximum atomic E-state index is 6.27. The van der Waals surface area contributed by atoms with Gasteiger partial charge in [0.1, 0.15) is 5.76 Å². The largest absolute Gasteiger partial charge is 0.468 e. The van der Waals surface area contributed by atoms with E-state index < -0.39 is 0 Å². The molecule has 1 fully saturated rings. The Hall–Kier alpha value is -0.800. The first-order valence-electron chi connectivity index (χ1n) is 5.81. The molecule has 2 unspecified atom stereocenters. The molecule has 1 aromatic rings. The van der Waals surface area contributed by atoms with Gasteiger partial charge in [0.05, 0.1) is 23.5 Å². The molecule has 0 aromatic carbocycles. The molecule has 0 spiro atoms. The van der Waals surface area contributed by atoms with Crippen LogP contribution in [0.15, 0.2) is 22.8 Å². The highest BCUT2D eigenvalue weighted by atomic mass is 16.5. The second-order valence-electron chi connectivity index (χ2n) is 5.82. The van der Waals surface area contributed by atoms with E-state index in [9.17, 15) is 0 Å². The summed E-state index contributed by atoms with van der Waals surface area (Å²) in [4.78, 5) is 0. The van der Waals surface area contributed by atoms with E-state index in [1.165, 1.54) is 0 Å². The lowest BCUT2D eigenvalue weighted by Crippen LogP contribution is -2.35. The van der Waals surface area contributed by atoms with Gasteiger partial charge in [0.2, 0.25) is 0 Å². The molecule has 2 N–H and O–H groups in total. The Balaban J connectivity index is 2.22. The fraction of sp³-hybridized carbons (Fsp3) is 0.692. The lowest BCUT2D eigenvalue weighted by atomic mass is 9.81. The molecule has 0 saturated carbocycles. The van der Waals surface area contributed by atoms with Crippen molar-refractivity contribution in [2.75, 3.05) is 0 Å². The fourth-order valence-corrected chi connectivity index (χ4v) is 2.84. The lowest BCUT2D eigenvalue weighted by molar-refractivity contribution is -0.0772. The van der Waals surface area contributed by atoms with E-state index >= 15 is 0 Å². The summed E-state index contributed by atoms with van der Waals surface area (Å²) < 4.78 is 11.4. The van der Waals surface area contributed by atoms with Gasteiger partial charge in [-0.1, -0.05) is 0 Å². The zero-order valence-electron chi connectivity index (χ0n) is 10.5. The number of ether oxygens (including phenoxy) is 1. The summed E-state index contributed by atoms with van der Waals surface area (Å²) in [6.07, 6.45) is 2.63. The summed E-state index contributed by atoms with van der Waals surface area (Å²) in [6.45, 7) is 8.44. The van der Waals surface area contributed by atoms with Crippen LogP contribution in [0, 0.1) is 5.92 Å². The van der Waals surface area contributed by atoms with Crippen molar-refractivity contribution in [3.8, 4) is 0 Å². The summed E-state index contributed by atoms with van der Waals surface area (Å²) in [6, 6.07) is 3.72. The molecule has 1 aliphatic rings. The third kappa shape index (κ3) is 2.02. The number of hydrogen-bond donors (Lipinski definition) is 1. The molecule has 2 atom stereocenters. The molecule has 0 bridgehead atoms. The quantitative estimate of drug-likeness (QED) is 0.838. The molecule has 3 heteroatoms. The highest BCUT2D eigenvalue weighted by Gasteiger charge is 2.49. The monoisotopic (exact) mass is 223 g/mol. The molecule has 16 heavy (non-hydrogen) atoms. The molecule has 90 valence electrons. The highest BCUT2D eigenvalue weighted by molar-refractivity contribution is 5.10. The van der Waals surface area contributed by atoms with E-state index in [1.54, 1.807) is 6.26 Å². The Morgan fingerprint density at radius 3 is 2.50 bits per heavy atom. The van der Waals surface area contributed by atoms with Crippen LogP contribution in [0.2, 0.25) is 0 Å². The van der Waals surface area contributed by atoms with Gasteiger partial charge in [-0.05, 0) is 46.2 Å². The summed E-state index contributed by atoms with van der Waals surface area (Å²) in [5.74, 6) is 1.13. The van der Waals surface area contributed by atoms with Gasteiger partial charge in [0.25, 0.3) is 0 Å². The standard InChI is InChI=1S/C13H21NO2/c1-12(2)8-9(13(3,4)16-12)11(14)10-6-5-7-15-10/h5-7,9,11H,8,14H2,1-4H3. The van der Waals surface area contributed by atoms with E-state index in [1.807, 2.05) is 12.1 Å². The van der Waals surface area contributed by atoms with E-state index in [0.29, 0.717) is 0 Å². The molecule has 0 amide bonds. The predicted octanol–water partition coefficient (Wildman–Crippen LogP) is 2.87. The Morgan fingerprint density at radius 1 is 1.38 bits per heavy atom. The van der Waals surface area contributed by atoms with Crippen molar-refractivity contribution in [2.24, 2.45) is 11.7 Å². The molecular formula is C13H21NO2. The Labute approximate surface area is 97.0 Å². The van der Waals surface area contributed by atoms with Gasteiger partial charge in [-0.25, -0.2) is 0 Å². The van der Waals surface area contributed by atoms with Crippen LogP contribution in [0.3, 0.4) is 0 Å². The molecule has 3 nitrogen and oxygen atoms in total. The molecule has 1 saturated heterocycles. The first-order valence-corrected chi connectivity index (χ1v) is 5.81. The molecule has 2 rings (SSSR count). The fourth-order valence-electron chi connectivity index (χ4n) is 2.84. The van der Waals surface area contributed by atoms with Crippen LogP contribution in [0.25, 0.3) is 0 Å². The highest BCUT2D eigenvalue weighted by Crippen LogP contribution is 2.46. The third-order valence-corrected chi connectivity index (χ3v) is 3.45. The first-order chi connectivity index (χ1) is 7.32. The Kier molecular flexibility index (Phi) is 2.63. The molecular weight excluding hydrogens is 202 g/mol. The van der Waals surface area contributed by atoms with Crippen LogP contribution in [0.1, 0.15) is 45.9 Å². The van der Waals surface area contributed by atoms with Crippen molar-refractivity contribution in [1.82, 2.24) is 0 Å². The van der Waals surface area contributed by atoms with Crippen molar-refractivity contribution in [1.29, 1.82) is 0 Å². The Bertz CT molecular complexity index is 354. The predicted molar refractivity (Wildman–Crippen MR) is 63.0 cm³/mol. The van der Waals surface area contributed by atoms with Crippen LogP contribution < -0.4 is 5.73 Å². The van der Waals surface area contributed by atoms with Crippen molar-refractivity contribution in [2.45, 2.75) is 51.4 Å². The summed E-state index contributed by atoms with van der Waals surface area (Å²) in [7, 11) is 0. The van der Waals surface area contributed by atoms with E-state index in [0.717, 1.165) is 12.2 Å². The summed E-state index contributed by atoms with van der Waals surface area (Å²) in [5.41, 5.74) is 5.97. The number of hydrogen-bond acceptors (Lipinski definition) is 3. The number of furan rings is 1. The average molecular weight is 223 g/mol. The van der Waals surface area contributed by atoms with E-state index in [4.69, 9.17) is 14.9 Å². The second-order valence-corrected chi connectivity index (χ2v) is 5.82. The van der Waals surface area contributed by atoms with Crippen LogP contribution in [0.4, 0.5) is 0 Å². The van der Waals surface area contributed by atoms with Gasteiger partial charge < -0.3 is 14.9 Å². The molecule has 1 aliphatic heterocycles. The smallest absolute Gasteiger partial charge is 0.120 e. The van der Waals surface area contributed by atoms with E-state index in [2.05, 4.69) is 27.7 Å². The second kappa shape index (κ2) is 3.60. The zero-order valence-corrected chi connectivity index (χ0v) is 10.5. The molecule has 1 aromatic heterocycles. The summed E-state index contributed by atoms with van der Waals surface area (Å²) in [5, 5.41) is 0. The first kappa shape index (κ1) is 11.7. The van der Waals surface area contributed by atoms with Gasteiger partial charge in [0.15, 0.2) is 0 Å². The SMILES string of the molecule is CC1(C)CC(C(N)c2ccco2)C(C)(C)O1. The molecule has 0 radical (unpaired) electrons.